The van der Waals surface area contributed by atoms with E-state index in [4.69, 9.17) is 4.74 Å². The van der Waals surface area contributed by atoms with Gasteiger partial charge in [0.25, 0.3) is 0 Å². The van der Waals surface area contributed by atoms with Gasteiger partial charge in [0.05, 0.1) is 6.54 Å². The van der Waals surface area contributed by atoms with Gasteiger partial charge < -0.3 is 4.74 Å². The molecule has 0 spiro atoms. The summed E-state index contributed by atoms with van der Waals surface area (Å²) in [6, 6.07) is 7.31. The number of Topliss-reactive ketones (excluding diaryl/α,β-unsaturated/α-hetero) is 1. The Bertz CT molecular complexity index is 379. The number of carbonyl (C=O) groups excluding carboxylic acids is 1. The molecule has 0 aromatic heterocycles. The summed E-state index contributed by atoms with van der Waals surface area (Å²) in [5.41, 5.74) is 1.65. The fourth-order valence-corrected chi connectivity index (χ4v) is 1.36. The van der Waals surface area contributed by atoms with E-state index in [1.807, 2.05) is 12.1 Å². The zero-order chi connectivity index (χ0) is 9.97. The molecule has 0 fully saturated rings. The van der Waals surface area contributed by atoms with Gasteiger partial charge in [-0.1, -0.05) is 12.1 Å². The molecule has 0 saturated heterocycles. The maximum atomic E-state index is 11.0. The SMILES string of the molecule is CC(=O)c1ccc(C2=NCCO2)cc1. The number of ether oxygens (including phenoxy) is 1. The van der Waals surface area contributed by atoms with E-state index in [9.17, 15) is 4.79 Å². The van der Waals surface area contributed by atoms with Gasteiger partial charge in [0.2, 0.25) is 5.90 Å². The third-order valence-electron chi connectivity index (χ3n) is 2.12. The summed E-state index contributed by atoms with van der Waals surface area (Å²) in [5.74, 6) is 0.755. The lowest BCUT2D eigenvalue weighted by atomic mass is 10.1. The van der Waals surface area contributed by atoms with E-state index in [0.29, 0.717) is 18.1 Å². The van der Waals surface area contributed by atoms with Gasteiger partial charge in [-0.15, -0.1) is 0 Å². The van der Waals surface area contributed by atoms with Crippen LogP contribution in [0.25, 0.3) is 0 Å². The number of aliphatic imine (C=N–C) groups is 1. The quantitative estimate of drug-likeness (QED) is 0.664. The van der Waals surface area contributed by atoms with Crippen molar-refractivity contribution < 1.29 is 9.53 Å². The molecule has 0 aliphatic carbocycles. The Morgan fingerprint density at radius 3 is 2.57 bits per heavy atom. The van der Waals surface area contributed by atoms with Crippen molar-refractivity contribution >= 4 is 11.7 Å². The van der Waals surface area contributed by atoms with Gasteiger partial charge in [-0.25, -0.2) is 4.99 Å². The molecule has 0 saturated carbocycles. The number of hydrogen-bond donors (Lipinski definition) is 0. The predicted octanol–water partition coefficient (Wildman–Crippen LogP) is 1.67. The largest absolute Gasteiger partial charge is 0.476 e. The van der Waals surface area contributed by atoms with Gasteiger partial charge in [0, 0.05) is 11.1 Å². The Hall–Kier alpha value is -1.64. The Morgan fingerprint density at radius 1 is 1.36 bits per heavy atom. The van der Waals surface area contributed by atoms with Crippen LogP contribution in [0.15, 0.2) is 29.3 Å². The van der Waals surface area contributed by atoms with Crippen molar-refractivity contribution in [2.75, 3.05) is 13.2 Å². The average molecular weight is 189 g/mol. The maximum Gasteiger partial charge on any atom is 0.216 e. The van der Waals surface area contributed by atoms with E-state index < -0.39 is 0 Å². The first-order valence-corrected chi connectivity index (χ1v) is 4.56. The molecule has 0 amide bonds. The first-order valence-electron chi connectivity index (χ1n) is 4.56. The molecule has 1 aliphatic rings. The normalized spacial score (nSPS) is 14.8. The summed E-state index contributed by atoms with van der Waals surface area (Å²) in [7, 11) is 0. The highest BCUT2D eigenvalue weighted by molar-refractivity contribution is 5.98. The molecule has 0 atom stereocenters. The topological polar surface area (TPSA) is 38.7 Å². The van der Waals surface area contributed by atoms with Gasteiger partial charge in [0.15, 0.2) is 5.78 Å². The Kier molecular flexibility index (Phi) is 2.31. The zero-order valence-corrected chi connectivity index (χ0v) is 7.99. The predicted molar refractivity (Wildman–Crippen MR) is 53.8 cm³/mol. The van der Waals surface area contributed by atoms with Crippen LogP contribution >= 0.6 is 0 Å². The second kappa shape index (κ2) is 3.62. The number of hydrogen-bond acceptors (Lipinski definition) is 3. The number of rotatable bonds is 2. The summed E-state index contributed by atoms with van der Waals surface area (Å²) < 4.78 is 5.30. The second-order valence-electron chi connectivity index (χ2n) is 3.17. The summed E-state index contributed by atoms with van der Waals surface area (Å²) in [4.78, 5) is 15.2. The number of benzene rings is 1. The summed E-state index contributed by atoms with van der Waals surface area (Å²) in [6.45, 7) is 2.94. The molecule has 1 heterocycles. The van der Waals surface area contributed by atoms with Crippen LogP contribution in [0.2, 0.25) is 0 Å². The molecule has 0 bridgehead atoms. The fourth-order valence-electron chi connectivity index (χ4n) is 1.36. The van der Waals surface area contributed by atoms with Crippen molar-refractivity contribution in [3.63, 3.8) is 0 Å². The molecule has 0 unspecified atom stereocenters. The van der Waals surface area contributed by atoms with Crippen LogP contribution in [0.1, 0.15) is 22.8 Å². The van der Waals surface area contributed by atoms with Crippen LogP contribution in [0.3, 0.4) is 0 Å². The minimum Gasteiger partial charge on any atom is -0.476 e. The van der Waals surface area contributed by atoms with E-state index >= 15 is 0 Å². The van der Waals surface area contributed by atoms with E-state index in [2.05, 4.69) is 4.99 Å². The number of carbonyl (C=O) groups is 1. The molecule has 0 radical (unpaired) electrons. The molecule has 2 rings (SSSR count). The molecule has 72 valence electrons. The van der Waals surface area contributed by atoms with Crippen LogP contribution in [0, 0.1) is 0 Å². The first kappa shape index (κ1) is 8.94. The van der Waals surface area contributed by atoms with Crippen molar-refractivity contribution in [1.29, 1.82) is 0 Å². The van der Waals surface area contributed by atoms with Crippen molar-refractivity contribution in [3.05, 3.63) is 35.4 Å². The van der Waals surface area contributed by atoms with Crippen LogP contribution in [-0.4, -0.2) is 24.8 Å². The Morgan fingerprint density at radius 2 is 2.07 bits per heavy atom. The van der Waals surface area contributed by atoms with Crippen LogP contribution < -0.4 is 0 Å². The van der Waals surface area contributed by atoms with E-state index in [1.165, 1.54) is 0 Å². The highest BCUT2D eigenvalue weighted by Gasteiger charge is 2.09. The molecule has 1 aliphatic heterocycles. The van der Waals surface area contributed by atoms with Gasteiger partial charge in [-0.05, 0) is 19.1 Å². The molecule has 1 aromatic carbocycles. The smallest absolute Gasteiger partial charge is 0.216 e. The van der Waals surface area contributed by atoms with E-state index in [1.54, 1.807) is 19.1 Å². The van der Waals surface area contributed by atoms with Gasteiger partial charge in [-0.2, -0.15) is 0 Å². The van der Waals surface area contributed by atoms with E-state index in [-0.39, 0.29) is 5.78 Å². The summed E-state index contributed by atoms with van der Waals surface area (Å²) in [5, 5.41) is 0. The minimum atomic E-state index is 0.0748. The van der Waals surface area contributed by atoms with Gasteiger partial charge >= 0.3 is 0 Å². The minimum absolute atomic E-state index is 0.0748. The maximum absolute atomic E-state index is 11.0. The lowest BCUT2D eigenvalue weighted by molar-refractivity contribution is 0.101. The van der Waals surface area contributed by atoms with Gasteiger partial charge in [0.1, 0.15) is 6.61 Å². The number of ketones is 1. The molecular weight excluding hydrogens is 178 g/mol. The van der Waals surface area contributed by atoms with Crippen molar-refractivity contribution in [2.45, 2.75) is 6.92 Å². The third-order valence-corrected chi connectivity index (χ3v) is 2.12. The first-order chi connectivity index (χ1) is 6.77. The Labute approximate surface area is 82.4 Å². The zero-order valence-electron chi connectivity index (χ0n) is 7.99. The molecule has 0 N–H and O–H groups in total. The lowest BCUT2D eigenvalue weighted by Crippen LogP contribution is -2.01. The number of nitrogens with zero attached hydrogens (tertiary/aromatic N) is 1. The monoisotopic (exact) mass is 189 g/mol. The van der Waals surface area contributed by atoms with Crippen molar-refractivity contribution in [1.82, 2.24) is 0 Å². The standard InChI is InChI=1S/C11H11NO2/c1-8(13)9-2-4-10(5-3-9)11-12-6-7-14-11/h2-5H,6-7H2,1H3. The summed E-state index contributed by atoms with van der Waals surface area (Å²) >= 11 is 0. The summed E-state index contributed by atoms with van der Waals surface area (Å²) in [6.07, 6.45) is 0. The molecule has 3 nitrogen and oxygen atoms in total. The third kappa shape index (κ3) is 1.66. The molecule has 14 heavy (non-hydrogen) atoms. The second-order valence-corrected chi connectivity index (χ2v) is 3.17. The Balaban J connectivity index is 2.25. The van der Waals surface area contributed by atoms with Gasteiger partial charge in [-0.3, -0.25) is 4.79 Å². The average Bonchev–Trinajstić information content (AvgIpc) is 2.71. The van der Waals surface area contributed by atoms with E-state index in [0.717, 1.165) is 12.1 Å². The van der Waals surface area contributed by atoms with Crippen molar-refractivity contribution in [2.24, 2.45) is 4.99 Å². The molecule has 3 heteroatoms. The van der Waals surface area contributed by atoms with Crippen molar-refractivity contribution in [3.8, 4) is 0 Å². The molecular formula is C11H11NO2. The highest BCUT2D eigenvalue weighted by atomic mass is 16.5. The highest BCUT2D eigenvalue weighted by Crippen LogP contribution is 2.09. The van der Waals surface area contributed by atoms with Crippen LogP contribution in [-0.2, 0) is 4.74 Å². The van der Waals surface area contributed by atoms with Crippen LogP contribution in [0.5, 0.6) is 0 Å². The van der Waals surface area contributed by atoms with Crippen LogP contribution in [0.4, 0.5) is 0 Å². The molecule has 1 aromatic rings. The lowest BCUT2D eigenvalue weighted by Gasteiger charge is -2.01. The fraction of sp³-hybridized carbons (Fsp3) is 0.273.